The van der Waals surface area contributed by atoms with Crippen molar-refractivity contribution < 1.29 is 0 Å². The molecule has 15 heavy (non-hydrogen) atoms. The van der Waals surface area contributed by atoms with Crippen LogP contribution in [0.5, 0.6) is 0 Å². The van der Waals surface area contributed by atoms with Gasteiger partial charge in [-0.3, -0.25) is 0 Å². The SMILES string of the molecule is CN.Cc1ccc(-c2scnc2C)cc1. The van der Waals surface area contributed by atoms with E-state index in [4.69, 9.17) is 0 Å². The zero-order valence-corrected chi connectivity index (χ0v) is 10.1. The summed E-state index contributed by atoms with van der Waals surface area (Å²) in [6.07, 6.45) is 0. The second-order valence-corrected chi connectivity index (χ2v) is 3.99. The average molecular weight is 220 g/mol. The molecule has 2 N–H and O–H groups in total. The molecule has 0 spiro atoms. The van der Waals surface area contributed by atoms with Crippen LogP contribution in [0.15, 0.2) is 29.8 Å². The van der Waals surface area contributed by atoms with E-state index in [1.165, 1.54) is 23.1 Å². The Morgan fingerprint density at radius 1 is 1.07 bits per heavy atom. The van der Waals surface area contributed by atoms with Gasteiger partial charge in [0.1, 0.15) is 0 Å². The van der Waals surface area contributed by atoms with Crippen molar-refractivity contribution in [2.24, 2.45) is 5.73 Å². The number of thiazole rings is 1. The van der Waals surface area contributed by atoms with Crippen molar-refractivity contribution in [3.8, 4) is 10.4 Å². The summed E-state index contributed by atoms with van der Waals surface area (Å²) in [5.41, 5.74) is 10.1. The number of rotatable bonds is 1. The predicted molar refractivity (Wildman–Crippen MR) is 67.1 cm³/mol. The molecule has 1 aromatic heterocycles. The van der Waals surface area contributed by atoms with Gasteiger partial charge in [0, 0.05) is 0 Å². The molecule has 0 radical (unpaired) electrons. The fourth-order valence-electron chi connectivity index (χ4n) is 1.28. The van der Waals surface area contributed by atoms with E-state index < -0.39 is 0 Å². The van der Waals surface area contributed by atoms with Gasteiger partial charge in [0.15, 0.2) is 0 Å². The van der Waals surface area contributed by atoms with E-state index in [-0.39, 0.29) is 0 Å². The molecule has 80 valence electrons. The van der Waals surface area contributed by atoms with Gasteiger partial charge >= 0.3 is 0 Å². The molecule has 0 amide bonds. The number of hydrogen-bond donors (Lipinski definition) is 1. The Morgan fingerprint density at radius 3 is 2.13 bits per heavy atom. The summed E-state index contributed by atoms with van der Waals surface area (Å²) in [6, 6.07) is 8.56. The maximum atomic E-state index is 4.50. The topological polar surface area (TPSA) is 38.9 Å². The monoisotopic (exact) mass is 220 g/mol. The lowest BCUT2D eigenvalue weighted by Gasteiger charge is -1.98. The minimum absolute atomic E-state index is 1.12. The maximum absolute atomic E-state index is 4.50. The summed E-state index contributed by atoms with van der Waals surface area (Å²) < 4.78 is 0. The lowest BCUT2D eigenvalue weighted by molar-refractivity contribution is 1.27. The quantitative estimate of drug-likeness (QED) is 0.802. The Bertz CT molecular complexity index is 404. The third-order valence-corrected chi connectivity index (χ3v) is 3.04. The lowest BCUT2D eigenvalue weighted by Crippen LogP contribution is -1.78. The predicted octanol–water partition coefficient (Wildman–Crippen LogP) is 3.00. The van der Waals surface area contributed by atoms with Crippen LogP contribution in [0.2, 0.25) is 0 Å². The van der Waals surface area contributed by atoms with E-state index in [0.29, 0.717) is 0 Å². The largest absolute Gasteiger partial charge is 0.333 e. The number of aromatic nitrogens is 1. The van der Waals surface area contributed by atoms with Crippen molar-refractivity contribution >= 4 is 11.3 Å². The molecule has 0 fully saturated rings. The van der Waals surface area contributed by atoms with Crippen LogP contribution < -0.4 is 5.73 Å². The van der Waals surface area contributed by atoms with Crippen LogP contribution >= 0.6 is 11.3 Å². The molecule has 2 nitrogen and oxygen atoms in total. The first-order valence-corrected chi connectivity index (χ1v) is 5.70. The molecular weight excluding hydrogens is 204 g/mol. The standard InChI is InChI=1S/C11H11NS.CH5N/c1-8-3-5-10(6-4-8)11-9(2)12-7-13-11;1-2/h3-7H,1-2H3;2H2,1H3. The zero-order chi connectivity index (χ0) is 11.3. The van der Waals surface area contributed by atoms with Crippen LogP contribution in [-0.2, 0) is 0 Å². The summed E-state index contributed by atoms with van der Waals surface area (Å²) in [5, 5.41) is 0. The van der Waals surface area contributed by atoms with Crippen LogP contribution in [0, 0.1) is 13.8 Å². The molecule has 2 rings (SSSR count). The molecule has 0 saturated carbocycles. The smallest absolute Gasteiger partial charge is 0.0801 e. The minimum Gasteiger partial charge on any atom is -0.333 e. The van der Waals surface area contributed by atoms with Gasteiger partial charge in [0.2, 0.25) is 0 Å². The van der Waals surface area contributed by atoms with Gasteiger partial charge in [-0.2, -0.15) is 0 Å². The molecular formula is C12H16N2S. The molecule has 1 heterocycles. The third-order valence-electron chi connectivity index (χ3n) is 2.06. The van der Waals surface area contributed by atoms with E-state index in [0.717, 1.165) is 5.69 Å². The number of hydrogen-bond acceptors (Lipinski definition) is 3. The van der Waals surface area contributed by atoms with Crippen LogP contribution in [0.3, 0.4) is 0 Å². The highest BCUT2D eigenvalue weighted by atomic mass is 32.1. The number of benzene rings is 1. The van der Waals surface area contributed by atoms with Crippen molar-refractivity contribution in [1.29, 1.82) is 0 Å². The van der Waals surface area contributed by atoms with E-state index in [9.17, 15) is 0 Å². The van der Waals surface area contributed by atoms with Crippen molar-refractivity contribution in [2.45, 2.75) is 13.8 Å². The van der Waals surface area contributed by atoms with Crippen molar-refractivity contribution in [1.82, 2.24) is 4.98 Å². The van der Waals surface area contributed by atoms with Crippen molar-refractivity contribution in [2.75, 3.05) is 7.05 Å². The Hall–Kier alpha value is -1.19. The van der Waals surface area contributed by atoms with E-state index >= 15 is 0 Å². The molecule has 3 heteroatoms. The summed E-state index contributed by atoms with van der Waals surface area (Å²) >= 11 is 1.70. The molecule has 0 atom stereocenters. The Morgan fingerprint density at radius 2 is 1.67 bits per heavy atom. The van der Waals surface area contributed by atoms with Gasteiger partial charge in [-0.25, -0.2) is 4.98 Å². The molecule has 0 unspecified atom stereocenters. The van der Waals surface area contributed by atoms with Crippen LogP contribution in [-0.4, -0.2) is 12.0 Å². The molecule has 0 bridgehead atoms. The normalized spacial score (nSPS) is 9.33. The molecule has 0 saturated heterocycles. The maximum Gasteiger partial charge on any atom is 0.0801 e. The molecule has 0 aliphatic carbocycles. The molecule has 2 aromatic rings. The Kier molecular flexibility index (Phi) is 4.46. The van der Waals surface area contributed by atoms with Gasteiger partial charge in [-0.1, -0.05) is 29.8 Å². The summed E-state index contributed by atoms with van der Waals surface area (Å²) in [6.45, 7) is 4.15. The average Bonchev–Trinajstić information content (AvgIpc) is 2.69. The fourth-order valence-corrected chi connectivity index (χ4v) is 2.10. The highest BCUT2D eigenvalue weighted by molar-refractivity contribution is 7.13. The second-order valence-electron chi connectivity index (χ2n) is 3.13. The van der Waals surface area contributed by atoms with Gasteiger partial charge in [-0.15, -0.1) is 11.3 Å². The minimum atomic E-state index is 1.12. The fraction of sp³-hybridized carbons (Fsp3) is 0.250. The van der Waals surface area contributed by atoms with Crippen molar-refractivity contribution in [3.05, 3.63) is 41.0 Å². The first kappa shape index (κ1) is 11.9. The first-order chi connectivity index (χ1) is 7.27. The lowest BCUT2D eigenvalue weighted by atomic mass is 10.1. The Labute approximate surface area is 94.8 Å². The zero-order valence-electron chi connectivity index (χ0n) is 9.32. The number of nitrogens with two attached hydrogens (primary N) is 1. The molecule has 0 aliphatic heterocycles. The van der Waals surface area contributed by atoms with Crippen LogP contribution in [0.25, 0.3) is 10.4 Å². The van der Waals surface area contributed by atoms with Crippen LogP contribution in [0.4, 0.5) is 0 Å². The summed E-state index contributed by atoms with van der Waals surface area (Å²) in [7, 11) is 1.50. The van der Waals surface area contributed by atoms with Crippen LogP contribution in [0.1, 0.15) is 11.3 Å². The number of nitrogens with zero attached hydrogens (tertiary/aromatic N) is 1. The third kappa shape index (κ3) is 2.88. The van der Waals surface area contributed by atoms with E-state index in [1.54, 1.807) is 11.3 Å². The summed E-state index contributed by atoms with van der Waals surface area (Å²) in [5.74, 6) is 0. The molecule has 0 aliphatic rings. The summed E-state index contributed by atoms with van der Waals surface area (Å²) in [4.78, 5) is 5.51. The van der Waals surface area contributed by atoms with E-state index in [2.05, 4.69) is 41.9 Å². The second kappa shape index (κ2) is 5.63. The van der Waals surface area contributed by atoms with Gasteiger partial charge < -0.3 is 5.73 Å². The van der Waals surface area contributed by atoms with Crippen molar-refractivity contribution in [3.63, 3.8) is 0 Å². The van der Waals surface area contributed by atoms with Gasteiger partial charge in [0.25, 0.3) is 0 Å². The highest BCUT2D eigenvalue weighted by Gasteiger charge is 2.02. The molecule has 1 aromatic carbocycles. The first-order valence-electron chi connectivity index (χ1n) is 4.82. The van der Waals surface area contributed by atoms with Gasteiger partial charge in [-0.05, 0) is 26.5 Å². The highest BCUT2D eigenvalue weighted by Crippen LogP contribution is 2.26. The van der Waals surface area contributed by atoms with Gasteiger partial charge in [0.05, 0.1) is 16.1 Å². The Balaban J connectivity index is 0.000000531. The number of aryl methyl sites for hydroxylation is 2. The van der Waals surface area contributed by atoms with E-state index in [1.807, 2.05) is 12.4 Å².